The molecule has 3 rings (SSSR count). The van der Waals surface area contributed by atoms with E-state index in [4.69, 9.17) is 4.74 Å². The van der Waals surface area contributed by atoms with Crippen LogP contribution in [0.4, 0.5) is 0 Å². The van der Waals surface area contributed by atoms with Crippen LogP contribution in [0.3, 0.4) is 0 Å². The van der Waals surface area contributed by atoms with Crippen molar-refractivity contribution in [1.82, 2.24) is 10.2 Å². The van der Waals surface area contributed by atoms with Crippen molar-refractivity contribution in [3.63, 3.8) is 0 Å². The quantitative estimate of drug-likeness (QED) is 0.870. The van der Waals surface area contributed by atoms with E-state index in [0.717, 1.165) is 31.2 Å². The molecular weight excluding hydrogens is 260 g/mol. The van der Waals surface area contributed by atoms with Gasteiger partial charge in [0.25, 0.3) is 0 Å². The molecule has 1 aromatic rings. The van der Waals surface area contributed by atoms with Gasteiger partial charge in [-0.2, -0.15) is 0 Å². The molecule has 116 valence electrons. The highest BCUT2D eigenvalue weighted by Crippen LogP contribution is 2.26. The van der Waals surface area contributed by atoms with Crippen LogP contribution in [0.25, 0.3) is 0 Å². The molecule has 0 aromatic heterocycles. The number of nitrogens with one attached hydrogen (secondary N) is 1. The predicted octanol–water partition coefficient (Wildman–Crippen LogP) is 2.49. The van der Waals surface area contributed by atoms with Crippen molar-refractivity contribution in [1.29, 1.82) is 0 Å². The summed E-state index contributed by atoms with van der Waals surface area (Å²) in [7, 11) is 0. The summed E-state index contributed by atoms with van der Waals surface area (Å²) in [4.78, 5) is 2.65. The Hall–Kier alpha value is -1.06. The lowest BCUT2D eigenvalue weighted by Gasteiger charge is -2.32. The van der Waals surface area contributed by atoms with E-state index in [1.807, 2.05) is 0 Å². The number of benzene rings is 1. The van der Waals surface area contributed by atoms with Gasteiger partial charge >= 0.3 is 0 Å². The number of fused-ring (bicyclic) bond motifs is 1. The minimum atomic E-state index is 0.840. The molecule has 2 heterocycles. The van der Waals surface area contributed by atoms with Crippen LogP contribution in [0.5, 0.6) is 5.75 Å². The number of piperidine rings is 1. The van der Waals surface area contributed by atoms with Gasteiger partial charge < -0.3 is 15.0 Å². The molecule has 0 saturated carbocycles. The predicted molar refractivity (Wildman–Crippen MR) is 87.1 cm³/mol. The Morgan fingerprint density at radius 2 is 2.33 bits per heavy atom. The number of hydrogen-bond acceptors (Lipinski definition) is 3. The molecule has 1 saturated heterocycles. The fourth-order valence-corrected chi connectivity index (χ4v) is 3.55. The summed E-state index contributed by atoms with van der Waals surface area (Å²) in [5.74, 6) is 1.94. The first-order valence-electron chi connectivity index (χ1n) is 8.53. The third kappa shape index (κ3) is 3.98. The number of likely N-dealkylation sites (tertiary alicyclic amines) is 1. The molecule has 2 aliphatic heterocycles. The van der Waals surface area contributed by atoms with Crippen molar-refractivity contribution in [3.8, 4) is 5.75 Å². The molecule has 3 heteroatoms. The van der Waals surface area contributed by atoms with Crippen LogP contribution >= 0.6 is 0 Å². The molecule has 1 aromatic carbocycles. The first kappa shape index (κ1) is 14.9. The van der Waals surface area contributed by atoms with E-state index < -0.39 is 0 Å². The second-order valence-electron chi connectivity index (χ2n) is 6.41. The zero-order chi connectivity index (χ0) is 14.5. The molecule has 0 amide bonds. The van der Waals surface area contributed by atoms with Crippen LogP contribution in [0.15, 0.2) is 18.2 Å². The molecule has 1 fully saturated rings. The van der Waals surface area contributed by atoms with Crippen molar-refractivity contribution in [3.05, 3.63) is 29.3 Å². The summed E-state index contributed by atoms with van der Waals surface area (Å²) in [6.07, 6.45) is 4.99. The number of ether oxygens (including phenoxy) is 1. The molecule has 1 atom stereocenters. The minimum absolute atomic E-state index is 0.840. The highest BCUT2D eigenvalue weighted by atomic mass is 16.5. The summed E-state index contributed by atoms with van der Waals surface area (Å²) in [5.41, 5.74) is 2.87. The molecule has 1 unspecified atom stereocenters. The SMILES string of the molecule is CCNCC1CCCN(CCc2ccc3c(c2)CCO3)C1. The maximum atomic E-state index is 5.58. The molecule has 1 N–H and O–H groups in total. The van der Waals surface area contributed by atoms with Gasteiger partial charge in [0.2, 0.25) is 0 Å². The monoisotopic (exact) mass is 288 g/mol. The zero-order valence-electron chi connectivity index (χ0n) is 13.2. The molecule has 21 heavy (non-hydrogen) atoms. The third-order valence-corrected chi connectivity index (χ3v) is 4.76. The first-order valence-corrected chi connectivity index (χ1v) is 8.53. The van der Waals surface area contributed by atoms with Crippen molar-refractivity contribution in [2.75, 3.05) is 39.3 Å². The second kappa shape index (κ2) is 7.28. The van der Waals surface area contributed by atoms with Crippen molar-refractivity contribution in [2.24, 2.45) is 5.92 Å². The van der Waals surface area contributed by atoms with E-state index in [1.165, 1.54) is 56.6 Å². The standard InChI is InChI=1S/C18H28N2O/c1-2-19-13-16-4-3-9-20(14-16)10-7-15-5-6-18-17(12-15)8-11-21-18/h5-6,12,16,19H,2-4,7-11,13-14H2,1H3. The van der Waals surface area contributed by atoms with E-state index in [1.54, 1.807) is 0 Å². The van der Waals surface area contributed by atoms with Crippen LogP contribution in [0, 0.1) is 5.92 Å². The van der Waals surface area contributed by atoms with Gasteiger partial charge in [-0.3, -0.25) is 0 Å². The highest BCUT2D eigenvalue weighted by Gasteiger charge is 2.19. The van der Waals surface area contributed by atoms with Crippen LogP contribution < -0.4 is 10.1 Å². The zero-order valence-corrected chi connectivity index (χ0v) is 13.2. The van der Waals surface area contributed by atoms with Crippen molar-refractivity contribution < 1.29 is 4.74 Å². The molecule has 2 aliphatic rings. The molecule has 0 radical (unpaired) electrons. The lowest BCUT2D eigenvalue weighted by atomic mass is 9.97. The van der Waals surface area contributed by atoms with E-state index in [9.17, 15) is 0 Å². The fourth-order valence-electron chi connectivity index (χ4n) is 3.55. The van der Waals surface area contributed by atoms with Crippen molar-refractivity contribution >= 4 is 0 Å². The lowest BCUT2D eigenvalue weighted by Crippen LogP contribution is -2.40. The average molecular weight is 288 g/mol. The maximum Gasteiger partial charge on any atom is 0.122 e. The summed E-state index contributed by atoms with van der Waals surface area (Å²) >= 11 is 0. The van der Waals surface area contributed by atoms with E-state index in [2.05, 4.69) is 35.3 Å². The summed E-state index contributed by atoms with van der Waals surface area (Å²) in [5, 5.41) is 3.50. The fraction of sp³-hybridized carbons (Fsp3) is 0.667. The number of rotatable bonds is 6. The van der Waals surface area contributed by atoms with Crippen LogP contribution in [0.1, 0.15) is 30.9 Å². The summed E-state index contributed by atoms with van der Waals surface area (Å²) in [6.45, 7) is 9.06. The van der Waals surface area contributed by atoms with Gasteiger partial charge in [-0.05, 0) is 62.0 Å². The van der Waals surface area contributed by atoms with Gasteiger partial charge in [0.1, 0.15) is 5.75 Å². The van der Waals surface area contributed by atoms with Gasteiger partial charge in [0.15, 0.2) is 0 Å². The van der Waals surface area contributed by atoms with Gasteiger partial charge in [-0.1, -0.05) is 19.1 Å². The molecule has 0 spiro atoms. The number of nitrogens with zero attached hydrogens (tertiary/aromatic N) is 1. The Bertz CT molecular complexity index is 461. The van der Waals surface area contributed by atoms with Gasteiger partial charge in [-0.25, -0.2) is 0 Å². The maximum absolute atomic E-state index is 5.58. The Morgan fingerprint density at radius 3 is 3.24 bits per heavy atom. The number of hydrogen-bond donors (Lipinski definition) is 1. The molecule has 0 aliphatic carbocycles. The Labute approximate surface area is 128 Å². The van der Waals surface area contributed by atoms with Crippen molar-refractivity contribution in [2.45, 2.75) is 32.6 Å². The Balaban J connectivity index is 1.48. The van der Waals surface area contributed by atoms with Gasteiger partial charge in [0, 0.05) is 19.5 Å². The van der Waals surface area contributed by atoms with Crippen LogP contribution in [-0.2, 0) is 12.8 Å². The topological polar surface area (TPSA) is 24.5 Å². The minimum Gasteiger partial charge on any atom is -0.493 e. The summed E-state index contributed by atoms with van der Waals surface area (Å²) in [6, 6.07) is 6.74. The smallest absolute Gasteiger partial charge is 0.122 e. The summed E-state index contributed by atoms with van der Waals surface area (Å²) < 4.78 is 5.58. The van der Waals surface area contributed by atoms with Gasteiger partial charge in [-0.15, -0.1) is 0 Å². The largest absolute Gasteiger partial charge is 0.493 e. The molecular formula is C18H28N2O. The normalized spacial score (nSPS) is 22.0. The van der Waals surface area contributed by atoms with E-state index in [-0.39, 0.29) is 0 Å². The molecule has 3 nitrogen and oxygen atoms in total. The highest BCUT2D eigenvalue weighted by molar-refractivity contribution is 5.39. The van der Waals surface area contributed by atoms with Crippen LogP contribution in [0.2, 0.25) is 0 Å². The first-order chi connectivity index (χ1) is 10.3. The van der Waals surface area contributed by atoms with E-state index in [0.29, 0.717) is 0 Å². The molecule has 0 bridgehead atoms. The van der Waals surface area contributed by atoms with Crippen LogP contribution in [-0.4, -0.2) is 44.2 Å². The lowest BCUT2D eigenvalue weighted by molar-refractivity contribution is 0.174. The van der Waals surface area contributed by atoms with E-state index >= 15 is 0 Å². The Kier molecular flexibility index (Phi) is 5.15. The third-order valence-electron chi connectivity index (χ3n) is 4.76. The second-order valence-corrected chi connectivity index (χ2v) is 6.41. The Morgan fingerprint density at radius 1 is 1.38 bits per heavy atom. The van der Waals surface area contributed by atoms with Gasteiger partial charge in [0.05, 0.1) is 6.61 Å². The average Bonchev–Trinajstić information content (AvgIpc) is 2.99.